The first-order valence-electron chi connectivity index (χ1n) is 8.51. The summed E-state index contributed by atoms with van der Waals surface area (Å²) in [5, 5.41) is 10.9. The predicted octanol–water partition coefficient (Wildman–Crippen LogP) is 2.74. The zero-order chi connectivity index (χ0) is 21.0. The van der Waals surface area contributed by atoms with Crippen LogP contribution >= 0.6 is 0 Å². The minimum absolute atomic E-state index is 0.0140. The molecule has 3 aromatic rings. The first-order chi connectivity index (χ1) is 13.8. The molecule has 0 unspecified atom stereocenters. The molecule has 29 heavy (non-hydrogen) atoms. The number of nitrogens with zero attached hydrogens (tertiary/aromatic N) is 2. The number of carbonyl (C=O) groups is 1. The van der Waals surface area contributed by atoms with Crippen LogP contribution < -0.4 is 10.1 Å². The van der Waals surface area contributed by atoms with Gasteiger partial charge in [0.15, 0.2) is 0 Å². The van der Waals surface area contributed by atoms with Gasteiger partial charge in [-0.15, -0.1) is 0 Å². The summed E-state index contributed by atoms with van der Waals surface area (Å²) in [4.78, 5) is 14.4. The molecule has 0 atom stereocenters. The van der Waals surface area contributed by atoms with Crippen molar-refractivity contribution in [1.82, 2.24) is 14.3 Å². The lowest BCUT2D eigenvalue weighted by atomic mass is 10.1. The van der Waals surface area contributed by atoms with Crippen LogP contribution in [0.15, 0.2) is 59.9 Å². The molecule has 1 amide bonds. The van der Waals surface area contributed by atoms with E-state index in [1.165, 1.54) is 62.1 Å². The Hall–Kier alpha value is -3.40. The lowest BCUT2D eigenvalue weighted by molar-refractivity contribution is 0.194. The third kappa shape index (κ3) is 4.21. The summed E-state index contributed by atoms with van der Waals surface area (Å²) in [6.45, 7) is 0.0696. The van der Waals surface area contributed by atoms with Gasteiger partial charge in [-0.05, 0) is 42.3 Å². The fraction of sp³-hybridized carbons (Fsp3) is 0.158. The normalized spacial score (nSPS) is 11.2. The first kappa shape index (κ1) is 20.3. The summed E-state index contributed by atoms with van der Waals surface area (Å²) >= 11 is 0. The first-order valence-corrected chi connectivity index (χ1v) is 9.95. The molecule has 3 rings (SSSR count). The van der Waals surface area contributed by atoms with Crippen molar-refractivity contribution in [2.24, 2.45) is 0 Å². The second kappa shape index (κ2) is 8.31. The largest absolute Gasteiger partial charge is 0.496 e. The smallest absolute Gasteiger partial charge is 0.404 e. The minimum Gasteiger partial charge on any atom is -0.496 e. The number of ether oxygens (including phenoxy) is 1. The van der Waals surface area contributed by atoms with Crippen LogP contribution in [0, 0.1) is 5.82 Å². The van der Waals surface area contributed by atoms with Gasteiger partial charge in [-0.25, -0.2) is 21.6 Å². The summed E-state index contributed by atoms with van der Waals surface area (Å²) in [7, 11) is -2.72. The molecular formula is C19H18FN3O5S. The highest BCUT2D eigenvalue weighted by Gasteiger charge is 2.25. The van der Waals surface area contributed by atoms with Crippen molar-refractivity contribution in [2.75, 3.05) is 13.7 Å². The number of hydrogen-bond acceptors (Lipinski definition) is 5. The Balaban J connectivity index is 2.17. The van der Waals surface area contributed by atoms with Crippen LogP contribution in [0.5, 0.6) is 5.75 Å². The standard InChI is InChI=1S/C19H18FN3O5S/c1-28-17-6-2-5-15(20)18(17)16-10-13(7-9-22-19(24)25)12-23(16)29(26,27)14-4-3-8-21-11-14/h2-6,8,10-12,22H,7,9H2,1H3,(H,24,25). The SMILES string of the molecule is COc1cccc(F)c1-c1cc(CCNC(=O)O)cn1S(=O)(=O)c1cccnc1. The molecule has 0 aliphatic heterocycles. The van der Waals surface area contributed by atoms with E-state index in [4.69, 9.17) is 9.84 Å². The molecule has 0 saturated heterocycles. The summed E-state index contributed by atoms with van der Waals surface area (Å²) in [5.41, 5.74) is 0.556. The van der Waals surface area contributed by atoms with Crippen molar-refractivity contribution in [3.63, 3.8) is 0 Å². The summed E-state index contributed by atoms with van der Waals surface area (Å²) in [6.07, 6.45) is 3.00. The third-order valence-corrected chi connectivity index (χ3v) is 5.83. The van der Waals surface area contributed by atoms with E-state index in [1.54, 1.807) is 0 Å². The van der Waals surface area contributed by atoms with Gasteiger partial charge >= 0.3 is 6.09 Å². The average molecular weight is 419 g/mol. The highest BCUT2D eigenvalue weighted by molar-refractivity contribution is 7.90. The van der Waals surface area contributed by atoms with Crippen molar-refractivity contribution in [2.45, 2.75) is 11.3 Å². The number of amides is 1. The van der Waals surface area contributed by atoms with Crippen molar-refractivity contribution < 1.29 is 27.4 Å². The molecule has 2 aromatic heterocycles. The van der Waals surface area contributed by atoms with Gasteiger partial charge in [-0.3, -0.25) is 4.98 Å². The number of pyridine rings is 1. The Morgan fingerprint density at radius 2 is 2.10 bits per heavy atom. The van der Waals surface area contributed by atoms with Crippen LogP contribution in [0.3, 0.4) is 0 Å². The highest BCUT2D eigenvalue weighted by atomic mass is 32.2. The molecule has 2 heterocycles. The van der Waals surface area contributed by atoms with Gasteiger partial charge < -0.3 is 15.2 Å². The molecule has 0 bridgehead atoms. The quantitative estimate of drug-likeness (QED) is 0.609. The predicted molar refractivity (Wildman–Crippen MR) is 103 cm³/mol. The van der Waals surface area contributed by atoms with Gasteiger partial charge in [0.25, 0.3) is 10.0 Å². The molecule has 1 aromatic carbocycles. The fourth-order valence-electron chi connectivity index (χ4n) is 2.86. The monoisotopic (exact) mass is 419 g/mol. The Morgan fingerprint density at radius 1 is 1.31 bits per heavy atom. The van der Waals surface area contributed by atoms with E-state index in [1.807, 2.05) is 0 Å². The lowest BCUT2D eigenvalue weighted by Crippen LogP contribution is -2.23. The molecule has 152 valence electrons. The Bertz CT molecular complexity index is 1130. The maximum absolute atomic E-state index is 14.7. The van der Waals surface area contributed by atoms with Gasteiger partial charge in [0.05, 0.1) is 18.4 Å². The lowest BCUT2D eigenvalue weighted by Gasteiger charge is -2.13. The van der Waals surface area contributed by atoms with Crippen LogP contribution in [-0.2, 0) is 16.4 Å². The fourth-order valence-corrected chi connectivity index (χ4v) is 4.21. The molecule has 0 spiro atoms. The number of hydrogen-bond donors (Lipinski definition) is 2. The van der Waals surface area contributed by atoms with E-state index in [9.17, 15) is 17.6 Å². The molecule has 0 aliphatic rings. The minimum atomic E-state index is -4.08. The molecule has 10 heteroatoms. The van der Waals surface area contributed by atoms with Crippen LogP contribution in [0.2, 0.25) is 0 Å². The number of methoxy groups -OCH3 is 1. The number of benzene rings is 1. The topological polar surface area (TPSA) is 111 Å². The number of halogens is 1. The molecule has 0 fully saturated rings. The Labute approximate surface area is 166 Å². The number of aromatic nitrogens is 2. The third-order valence-electron chi connectivity index (χ3n) is 4.18. The maximum atomic E-state index is 14.7. The maximum Gasteiger partial charge on any atom is 0.404 e. The van der Waals surface area contributed by atoms with E-state index in [-0.39, 0.29) is 34.9 Å². The van der Waals surface area contributed by atoms with Gasteiger partial charge in [0.2, 0.25) is 0 Å². The van der Waals surface area contributed by atoms with Crippen LogP contribution in [0.4, 0.5) is 9.18 Å². The summed E-state index contributed by atoms with van der Waals surface area (Å²) in [6, 6.07) is 8.56. The van der Waals surface area contributed by atoms with Gasteiger partial charge in [-0.1, -0.05) is 6.07 Å². The molecule has 0 aliphatic carbocycles. The van der Waals surface area contributed by atoms with E-state index < -0.39 is 21.9 Å². The van der Waals surface area contributed by atoms with Crippen LogP contribution in [0.1, 0.15) is 5.56 Å². The van der Waals surface area contributed by atoms with Gasteiger partial charge in [-0.2, -0.15) is 0 Å². The van der Waals surface area contributed by atoms with Crippen molar-refractivity contribution >= 4 is 16.1 Å². The second-order valence-corrected chi connectivity index (χ2v) is 7.84. The Kier molecular flexibility index (Phi) is 5.83. The van der Waals surface area contributed by atoms with Crippen LogP contribution in [0.25, 0.3) is 11.3 Å². The summed E-state index contributed by atoms with van der Waals surface area (Å²) in [5.74, 6) is -0.485. The van der Waals surface area contributed by atoms with Crippen molar-refractivity contribution in [3.8, 4) is 17.0 Å². The van der Waals surface area contributed by atoms with E-state index in [0.717, 1.165) is 3.97 Å². The van der Waals surface area contributed by atoms with Gasteiger partial charge in [0, 0.05) is 25.1 Å². The highest BCUT2D eigenvalue weighted by Crippen LogP contribution is 2.35. The zero-order valence-corrected chi connectivity index (χ0v) is 16.2. The number of rotatable bonds is 7. The second-order valence-electron chi connectivity index (χ2n) is 6.02. The van der Waals surface area contributed by atoms with E-state index >= 15 is 0 Å². The molecule has 2 N–H and O–H groups in total. The number of carboxylic acid groups (broad SMARTS) is 1. The van der Waals surface area contributed by atoms with E-state index in [2.05, 4.69) is 10.3 Å². The molecular weight excluding hydrogens is 401 g/mol. The average Bonchev–Trinajstić information content (AvgIpc) is 3.12. The number of nitrogens with one attached hydrogen (secondary N) is 1. The molecule has 0 radical (unpaired) electrons. The van der Waals surface area contributed by atoms with Crippen LogP contribution in [-0.4, -0.2) is 42.2 Å². The van der Waals surface area contributed by atoms with Crippen molar-refractivity contribution in [1.29, 1.82) is 0 Å². The molecule has 8 nitrogen and oxygen atoms in total. The molecule has 0 saturated carbocycles. The summed E-state index contributed by atoms with van der Waals surface area (Å²) < 4.78 is 47.2. The van der Waals surface area contributed by atoms with Crippen molar-refractivity contribution in [3.05, 3.63) is 66.4 Å². The van der Waals surface area contributed by atoms with E-state index in [0.29, 0.717) is 5.56 Å². The van der Waals surface area contributed by atoms with Gasteiger partial charge in [0.1, 0.15) is 16.5 Å². The Morgan fingerprint density at radius 3 is 2.76 bits per heavy atom. The zero-order valence-electron chi connectivity index (χ0n) is 15.4.